The minimum atomic E-state index is -0.485. The Morgan fingerprint density at radius 2 is 2.40 bits per heavy atom. The molecule has 20 heavy (non-hydrogen) atoms. The Balaban J connectivity index is 1.95. The molecule has 7 heteroatoms. The zero-order chi connectivity index (χ0) is 14.5. The average molecular weight is 281 g/mol. The van der Waals surface area contributed by atoms with Crippen molar-refractivity contribution in [3.63, 3.8) is 0 Å². The van der Waals surface area contributed by atoms with Gasteiger partial charge in [-0.05, 0) is 19.8 Å². The number of amides is 1. The highest BCUT2D eigenvalue weighted by atomic mass is 16.5. The first kappa shape index (κ1) is 14.5. The van der Waals surface area contributed by atoms with Crippen LogP contribution in [0.15, 0.2) is 6.07 Å². The van der Waals surface area contributed by atoms with Gasteiger partial charge in [0.25, 0.3) is 5.91 Å². The summed E-state index contributed by atoms with van der Waals surface area (Å²) in [6.45, 7) is 3.22. The predicted octanol–water partition coefficient (Wildman–Crippen LogP) is 0.506. The number of hydrogen-bond donors (Lipinski definition) is 1. The molecule has 0 bridgehead atoms. The van der Waals surface area contributed by atoms with Gasteiger partial charge in [0.15, 0.2) is 5.69 Å². The number of esters is 1. The van der Waals surface area contributed by atoms with Gasteiger partial charge >= 0.3 is 5.97 Å². The van der Waals surface area contributed by atoms with E-state index in [0.717, 1.165) is 19.4 Å². The van der Waals surface area contributed by atoms with E-state index in [4.69, 9.17) is 9.47 Å². The topological polar surface area (TPSA) is 82.5 Å². The Morgan fingerprint density at radius 1 is 1.60 bits per heavy atom. The van der Waals surface area contributed by atoms with Crippen LogP contribution in [0, 0.1) is 0 Å². The molecule has 1 aliphatic heterocycles. The van der Waals surface area contributed by atoms with E-state index in [2.05, 4.69) is 10.4 Å². The lowest BCUT2D eigenvalue weighted by Gasteiger charge is -2.09. The summed E-state index contributed by atoms with van der Waals surface area (Å²) in [5, 5.41) is 6.78. The molecule has 1 aromatic heterocycles. The number of carbonyl (C=O) groups is 2. The van der Waals surface area contributed by atoms with Crippen molar-refractivity contribution in [3.05, 3.63) is 17.5 Å². The fourth-order valence-corrected chi connectivity index (χ4v) is 2.08. The maximum Gasteiger partial charge on any atom is 0.356 e. The SMILES string of the molecule is CCOC(=O)c1cc(C(=O)NCC2CCCO2)nn1C. The molecule has 1 saturated heterocycles. The summed E-state index contributed by atoms with van der Waals surface area (Å²) in [4.78, 5) is 23.6. The van der Waals surface area contributed by atoms with Crippen LogP contribution in [0.3, 0.4) is 0 Å². The molecular formula is C13H19N3O4. The average Bonchev–Trinajstić information content (AvgIpc) is 3.05. The second-order valence-electron chi connectivity index (χ2n) is 4.60. The van der Waals surface area contributed by atoms with Gasteiger partial charge in [-0.15, -0.1) is 0 Å². The number of nitrogens with zero attached hydrogens (tertiary/aromatic N) is 2. The van der Waals surface area contributed by atoms with Crippen LogP contribution in [-0.2, 0) is 16.5 Å². The molecule has 0 spiro atoms. The van der Waals surface area contributed by atoms with Gasteiger partial charge in [-0.25, -0.2) is 4.79 Å². The van der Waals surface area contributed by atoms with E-state index >= 15 is 0 Å². The lowest BCUT2D eigenvalue weighted by molar-refractivity contribution is 0.0513. The number of nitrogens with one attached hydrogen (secondary N) is 1. The Hall–Kier alpha value is -1.89. The number of rotatable bonds is 5. The summed E-state index contributed by atoms with van der Waals surface area (Å²) >= 11 is 0. The van der Waals surface area contributed by atoms with Crippen molar-refractivity contribution in [2.75, 3.05) is 19.8 Å². The molecule has 2 rings (SSSR count). The molecule has 110 valence electrons. The smallest absolute Gasteiger partial charge is 0.356 e. The van der Waals surface area contributed by atoms with Crippen molar-refractivity contribution in [1.29, 1.82) is 0 Å². The van der Waals surface area contributed by atoms with Crippen molar-refractivity contribution >= 4 is 11.9 Å². The zero-order valence-electron chi connectivity index (χ0n) is 11.7. The van der Waals surface area contributed by atoms with E-state index in [9.17, 15) is 9.59 Å². The Labute approximate surface area is 117 Å². The fourth-order valence-electron chi connectivity index (χ4n) is 2.08. The Kier molecular flexibility index (Phi) is 4.73. The summed E-state index contributed by atoms with van der Waals surface area (Å²) < 4.78 is 11.7. The van der Waals surface area contributed by atoms with E-state index in [1.807, 2.05) is 0 Å². The largest absolute Gasteiger partial charge is 0.461 e. The van der Waals surface area contributed by atoms with Gasteiger partial charge in [0.1, 0.15) is 5.69 Å². The molecule has 2 heterocycles. The molecule has 0 radical (unpaired) electrons. The normalized spacial score (nSPS) is 18.0. The monoisotopic (exact) mass is 281 g/mol. The quantitative estimate of drug-likeness (QED) is 0.795. The first-order chi connectivity index (χ1) is 9.61. The third kappa shape index (κ3) is 3.36. The summed E-state index contributed by atoms with van der Waals surface area (Å²) in [5.74, 6) is -0.799. The van der Waals surface area contributed by atoms with E-state index in [1.54, 1.807) is 14.0 Å². The highest BCUT2D eigenvalue weighted by Crippen LogP contribution is 2.11. The lowest BCUT2D eigenvalue weighted by Crippen LogP contribution is -2.32. The molecule has 1 atom stereocenters. The van der Waals surface area contributed by atoms with Gasteiger partial charge in [0.05, 0.1) is 12.7 Å². The van der Waals surface area contributed by atoms with Gasteiger partial charge in [-0.3, -0.25) is 9.48 Å². The Morgan fingerprint density at radius 3 is 3.05 bits per heavy atom. The number of ether oxygens (including phenoxy) is 2. The number of carbonyl (C=O) groups excluding carboxylic acids is 2. The summed E-state index contributed by atoms with van der Waals surface area (Å²) in [7, 11) is 1.60. The molecule has 1 aromatic rings. The van der Waals surface area contributed by atoms with E-state index < -0.39 is 5.97 Å². The molecule has 1 fully saturated rings. The standard InChI is InChI=1S/C13H19N3O4/c1-3-19-13(18)11-7-10(15-16(11)2)12(17)14-8-9-5-4-6-20-9/h7,9H,3-6,8H2,1-2H3,(H,14,17). The number of aryl methyl sites for hydroxylation is 1. The zero-order valence-corrected chi connectivity index (χ0v) is 11.7. The highest BCUT2D eigenvalue weighted by Gasteiger charge is 2.20. The van der Waals surface area contributed by atoms with Gasteiger partial charge in [-0.1, -0.05) is 0 Å². The lowest BCUT2D eigenvalue weighted by atomic mass is 10.2. The van der Waals surface area contributed by atoms with Crippen LogP contribution in [0.4, 0.5) is 0 Å². The van der Waals surface area contributed by atoms with E-state index in [0.29, 0.717) is 6.54 Å². The summed E-state index contributed by atoms with van der Waals surface area (Å²) in [6.07, 6.45) is 2.06. The van der Waals surface area contributed by atoms with Crippen molar-refractivity contribution in [1.82, 2.24) is 15.1 Å². The molecule has 0 aromatic carbocycles. The predicted molar refractivity (Wildman–Crippen MR) is 70.5 cm³/mol. The van der Waals surface area contributed by atoms with Crippen molar-refractivity contribution < 1.29 is 19.1 Å². The van der Waals surface area contributed by atoms with Crippen molar-refractivity contribution in [3.8, 4) is 0 Å². The van der Waals surface area contributed by atoms with Gasteiger partial charge < -0.3 is 14.8 Å². The molecule has 1 aliphatic rings. The molecule has 1 amide bonds. The van der Waals surface area contributed by atoms with Crippen LogP contribution in [0.2, 0.25) is 0 Å². The van der Waals surface area contributed by atoms with Crippen molar-refractivity contribution in [2.24, 2.45) is 7.05 Å². The fraction of sp³-hybridized carbons (Fsp3) is 0.615. The maximum absolute atomic E-state index is 12.0. The number of aromatic nitrogens is 2. The van der Waals surface area contributed by atoms with Crippen LogP contribution in [0.5, 0.6) is 0 Å². The minimum Gasteiger partial charge on any atom is -0.461 e. The van der Waals surface area contributed by atoms with E-state index in [1.165, 1.54) is 10.7 Å². The molecule has 1 unspecified atom stereocenters. The third-order valence-electron chi connectivity index (χ3n) is 3.11. The first-order valence-electron chi connectivity index (χ1n) is 6.72. The molecule has 7 nitrogen and oxygen atoms in total. The molecule has 0 aliphatic carbocycles. The third-order valence-corrected chi connectivity index (χ3v) is 3.11. The second-order valence-corrected chi connectivity index (χ2v) is 4.60. The van der Waals surface area contributed by atoms with Crippen LogP contribution >= 0.6 is 0 Å². The Bertz CT molecular complexity index is 492. The van der Waals surface area contributed by atoms with E-state index in [-0.39, 0.29) is 30.0 Å². The maximum atomic E-state index is 12.0. The second kappa shape index (κ2) is 6.51. The van der Waals surface area contributed by atoms with Gasteiger partial charge in [-0.2, -0.15) is 5.10 Å². The number of hydrogen-bond acceptors (Lipinski definition) is 5. The van der Waals surface area contributed by atoms with Crippen molar-refractivity contribution in [2.45, 2.75) is 25.9 Å². The van der Waals surface area contributed by atoms with Gasteiger partial charge in [0.2, 0.25) is 0 Å². The van der Waals surface area contributed by atoms with Crippen LogP contribution < -0.4 is 5.32 Å². The van der Waals surface area contributed by atoms with Crippen LogP contribution in [0.1, 0.15) is 40.7 Å². The first-order valence-corrected chi connectivity index (χ1v) is 6.72. The summed E-state index contributed by atoms with van der Waals surface area (Å²) in [5.41, 5.74) is 0.461. The van der Waals surface area contributed by atoms with Gasteiger partial charge in [0, 0.05) is 26.3 Å². The molecule has 0 saturated carbocycles. The molecular weight excluding hydrogens is 262 g/mol. The highest BCUT2D eigenvalue weighted by molar-refractivity contribution is 5.96. The minimum absolute atomic E-state index is 0.0761. The molecule has 1 N–H and O–H groups in total. The van der Waals surface area contributed by atoms with Crippen LogP contribution in [-0.4, -0.2) is 47.5 Å². The van der Waals surface area contributed by atoms with Crippen LogP contribution in [0.25, 0.3) is 0 Å². The summed E-state index contributed by atoms with van der Waals surface area (Å²) in [6, 6.07) is 1.43.